The standard InChI is InChI=1S/C21H28N4O3Si/c1-27-21-19(20(14-5-6-14)23-12-24-21)16-9-15-17(10-22-16)25(11-18(15)26)13-28-7-8-29(2,3)4/h9-12,14,26H,5-8,13H2,1-4H3. The fourth-order valence-corrected chi connectivity index (χ4v) is 4.15. The number of rotatable bonds is 8. The minimum Gasteiger partial charge on any atom is -0.506 e. The number of aromatic nitrogens is 4. The number of ether oxygens (including phenoxy) is 2. The van der Waals surface area contributed by atoms with E-state index in [1.54, 1.807) is 25.8 Å². The van der Waals surface area contributed by atoms with Gasteiger partial charge in [-0.3, -0.25) is 4.98 Å². The predicted octanol–water partition coefficient (Wildman–Crippen LogP) is 4.40. The molecule has 1 fully saturated rings. The van der Waals surface area contributed by atoms with Gasteiger partial charge in [0.25, 0.3) is 0 Å². The molecule has 3 aromatic heterocycles. The highest BCUT2D eigenvalue weighted by atomic mass is 28.3. The molecule has 1 N–H and O–H groups in total. The van der Waals surface area contributed by atoms with E-state index < -0.39 is 8.07 Å². The molecule has 0 saturated heterocycles. The quantitative estimate of drug-likeness (QED) is 0.436. The first-order valence-electron chi connectivity index (χ1n) is 10.0. The monoisotopic (exact) mass is 412 g/mol. The summed E-state index contributed by atoms with van der Waals surface area (Å²) in [5, 5.41) is 11.2. The van der Waals surface area contributed by atoms with Crippen LogP contribution in [0.4, 0.5) is 0 Å². The fraction of sp³-hybridized carbons (Fsp3) is 0.476. The lowest BCUT2D eigenvalue weighted by Gasteiger charge is -2.15. The summed E-state index contributed by atoms with van der Waals surface area (Å²) in [6.07, 6.45) is 7.25. The lowest BCUT2D eigenvalue weighted by molar-refractivity contribution is 0.0899. The molecule has 0 aromatic carbocycles. The van der Waals surface area contributed by atoms with E-state index in [0.29, 0.717) is 24.2 Å². The van der Waals surface area contributed by atoms with Crippen LogP contribution >= 0.6 is 0 Å². The highest BCUT2D eigenvalue weighted by molar-refractivity contribution is 6.76. The molecule has 0 radical (unpaired) electrons. The molecular formula is C21H28N4O3Si. The Morgan fingerprint density at radius 1 is 1.21 bits per heavy atom. The SMILES string of the molecule is COc1ncnc(C2CC2)c1-c1cc2c(O)cn(COCC[Si](C)(C)C)c2cn1. The summed E-state index contributed by atoms with van der Waals surface area (Å²) >= 11 is 0. The van der Waals surface area contributed by atoms with Crippen molar-refractivity contribution in [3.05, 3.63) is 30.5 Å². The fourth-order valence-electron chi connectivity index (χ4n) is 3.40. The van der Waals surface area contributed by atoms with E-state index in [9.17, 15) is 5.11 Å². The number of pyridine rings is 1. The molecule has 8 heteroatoms. The Hall–Kier alpha value is -2.45. The molecule has 0 bridgehead atoms. The van der Waals surface area contributed by atoms with Gasteiger partial charge < -0.3 is 19.1 Å². The van der Waals surface area contributed by atoms with E-state index >= 15 is 0 Å². The molecule has 1 aliphatic rings. The first kappa shape index (κ1) is 19.8. The third-order valence-electron chi connectivity index (χ3n) is 5.23. The van der Waals surface area contributed by atoms with E-state index in [1.165, 1.54) is 0 Å². The number of aromatic hydroxyl groups is 1. The van der Waals surface area contributed by atoms with Crippen molar-refractivity contribution in [2.45, 2.75) is 51.2 Å². The van der Waals surface area contributed by atoms with Gasteiger partial charge in [0.05, 0.1) is 35.8 Å². The molecular weight excluding hydrogens is 384 g/mol. The zero-order valence-corrected chi connectivity index (χ0v) is 18.5. The van der Waals surface area contributed by atoms with Gasteiger partial charge in [0.2, 0.25) is 5.88 Å². The molecule has 0 aliphatic heterocycles. The average molecular weight is 413 g/mol. The minimum absolute atomic E-state index is 0.209. The van der Waals surface area contributed by atoms with Gasteiger partial charge >= 0.3 is 0 Å². The molecule has 1 aliphatic carbocycles. The number of hydrogen-bond donors (Lipinski definition) is 1. The van der Waals surface area contributed by atoms with Crippen LogP contribution in [-0.4, -0.2) is 46.4 Å². The van der Waals surface area contributed by atoms with Crippen molar-refractivity contribution < 1.29 is 14.6 Å². The van der Waals surface area contributed by atoms with Gasteiger partial charge in [-0.2, -0.15) is 0 Å². The molecule has 0 amide bonds. The summed E-state index contributed by atoms with van der Waals surface area (Å²) in [4.78, 5) is 13.4. The first-order chi connectivity index (χ1) is 13.9. The third kappa shape index (κ3) is 4.28. The lowest BCUT2D eigenvalue weighted by atomic mass is 10.1. The minimum atomic E-state index is -1.13. The van der Waals surface area contributed by atoms with E-state index in [4.69, 9.17) is 9.47 Å². The number of methoxy groups -OCH3 is 1. The summed E-state index contributed by atoms with van der Waals surface area (Å²) in [7, 11) is 0.477. The van der Waals surface area contributed by atoms with Crippen LogP contribution in [0.25, 0.3) is 22.2 Å². The summed E-state index contributed by atoms with van der Waals surface area (Å²) in [5.41, 5.74) is 3.34. The van der Waals surface area contributed by atoms with Crippen LogP contribution in [0.5, 0.6) is 11.6 Å². The molecule has 7 nitrogen and oxygen atoms in total. The van der Waals surface area contributed by atoms with Gasteiger partial charge in [-0.1, -0.05) is 19.6 Å². The Bertz CT molecular complexity index is 1020. The van der Waals surface area contributed by atoms with Crippen LogP contribution in [0.1, 0.15) is 24.5 Å². The number of fused-ring (bicyclic) bond motifs is 1. The molecule has 154 valence electrons. The molecule has 1 saturated carbocycles. The third-order valence-corrected chi connectivity index (χ3v) is 6.93. The second-order valence-corrected chi connectivity index (χ2v) is 14.5. The van der Waals surface area contributed by atoms with E-state index in [1.807, 2.05) is 10.6 Å². The molecule has 0 spiro atoms. The van der Waals surface area contributed by atoms with Crippen LogP contribution < -0.4 is 4.74 Å². The van der Waals surface area contributed by atoms with Crippen molar-refractivity contribution in [1.29, 1.82) is 0 Å². The Morgan fingerprint density at radius 3 is 2.69 bits per heavy atom. The summed E-state index contributed by atoms with van der Waals surface area (Å²) < 4.78 is 13.2. The van der Waals surface area contributed by atoms with Crippen molar-refractivity contribution >= 4 is 19.0 Å². The Morgan fingerprint density at radius 2 is 2.00 bits per heavy atom. The van der Waals surface area contributed by atoms with Crippen LogP contribution in [0, 0.1) is 0 Å². The van der Waals surface area contributed by atoms with Crippen LogP contribution in [0.2, 0.25) is 25.7 Å². The normalized spacial score (nSPS) is 14.5. The smallest absolute Gasteiger partial charge is 0.226 e. The summed E-state index contributed by atoms with van der Waals surface area (Å²) in [6, 6.07) is 2.99. The molecule has 0 atom stereocenters. The summed E-state index contributed by atoms with van der Waals surface area (Å²) in [6.45, 7) is 8.11. The van der Waals surface area contributed by atoms with E-state index in [2.05, 4.69) is 34.6 Å². The van der Waals surface area contributed by atoms with Crippen molar-refractivity contribution in [1.82, 2.24) is 19.5 Å². The van der Waals surface area contributed by atoms with Gasteiger partial charge in [-0.25, -0.2) is 9.97 Å². The van der Waals surface area contributed by atoms with Crippen molar-refractivity contribution in [3.63, 3.8) is 0 Å². The molecule has 0 unspecified atom stereocenters. The second-order valence-electron chi connectivity index (χ2n) is 8.84. The van der Waals surface area contributed by atoms with Crippen molar-refractivity contribution in [3.8, 4) is 22.9 Å². The Labute approximate surface area is 171 Å². The number of nitrogens with zero attached hydrogens (tertiary/aromatic N) is 4. The van der Waals surface area contributed by atoms with Gasteiger partial charge in [0.1, 0.15) is 18.8 Å². The average Bonchev–Trinajstić information content (AvgIpc) is 3.49. The summed E-state index contributed by atoms with van der Waals surface area (Å²) in [5.74, 6) is 1.15. The van der Waals surface area contributed by atoms with Crippen molar-refractivity contribution in [2.24, 2.45) is 0 Å². The highest BCUT2D eigenvalue weighted by Crippen LogP contribution is 2.45. The largest absolute Gasteiger partial charge is 0.506 e. The predicted molar refractivity (Wildman–Crippen MR) is 115 cm³/mol. The molecule has 4 rings (SSSR count). The Balaban J connectivity index is 1.64. The van der Waals surface area contributed by atoms with Crippen LogP contribution in [0.15, 0.2) is 24.8 Å². The van der Waals surface area contributed by atoms with Gasteiger partial charge in [0, 0.05) is 32.2 Å². The molecule has 3 heterocycles. The Kier molecular flexibility index (Phi) is 5.31. The van der Waals surface area contributed by atoms with Crippen LogP contribution in [0.3, 0.4) is 0 Å². The highest BCUT2D eigenvalue weighted by Gasteiger charge is 2.31. The lowest BCUT2D eigenvalue weighted by Crippen LogP contribution is -2.21. The topological polar surface area (TPSA) is 82.3 Å². The van der Waals surface area contributed by atoms with Gasteiger partial charge in [0.15, 0.2) is 0 Å². The van der Waals surface area contributed by atoms with Gasteiger partial charge in [-0.05, 0) is 25.0 Å². The zero-order valence-electron chi connectivity index (χ0n) is 17.5. The first-order valence-corrected chi connectivity index (χ1v) is 13.7. The number of hydrogen-bond acceptors (Lipinski definition) is 6. The maximum Gasteiger partial charge on any atom is 0.226 e. The zero-order chi connectivity index (χ0) is 20.6. The molecule has 3 aromatic rings. The maximum atomic E-state index is 10.5. The molecule has 29 heavy (non-hydrogen) atoms. The van der Waals surface area contributed by atoms with Crippen molar-refractivity contribution in [2.75, 3.05) is 13.7 Å². The van der Waals surface area contributed by atoms with E-state index in [-0.39, 0.29) is 5.75 Å². The van der Waals surface area contributed by atoms with Gasteiger partial charge in [-0.15, -0.1) is 0 Å². The van der Waals surface area contributed by atoms with Crippen LogP contribution in [-0.2, 0) is 11.5 Å². The maximum absolute atomic E-state index is 10.5. The second kappa shape index (κ2) is 7.76. The van der Waals surface area contributed by atoms with E-state index in [0.717, 1.165) is 47.7 Å².